The number of carbonyl (C=O) groups excluding carboxylic acids is 3. The first kappa shape index (κ1) is 28.0. The van der Waals surface area contributed by atoms with Gasteiger partial charge in [0.15, 0.2) is 0 Å². The number of piperidine rings is 1. The molecule has 1 fully saturated rings. The van der Waals surface area contributed by atoms with Crippen LogP contribution in [0.2, 0.25) is 0 Å². The van der Waals surface area contributed by atoms with Crippen LogP contribution in [0.3, 0.4) is 0 Å². The van der Waals surface area contributed by atoms with E-state index in [1.165, 1.54) is 11.1 Å². The van der Waals surface area contributed by atoms with E-state index in [0.717, 1.165) is 43.0 Å². The van der Waals surface area contributed by atoms with Crippen molar-refractivity contribution in [3.05, 3.63) is 76.6 Å². The average Bonchev–Trinajstić information content (AvgIpc) is 3.64. The molecule has 2 N–H and O–H groups in total. The largest absolute Gasteiger partial charge is 0.490 e. The Balaban J connectivity index is 0.000000431. The number of alkyl halides is 3. The van der Waals surface area contributed by atoms with Crippen molar-refractivity contribution in [2.75, 3.05) is 6.54 Å². The van der Waals surface area contributed by atoms with Gasteiger partial charge < -0.3 is 10.0 Å². The summed E-state index contributed by atoms with van der Waals surface area (Å²) >= 11 is 0. The molecule has 3 aliphatic heterocycles. The van der Waals surface area contributed by atoms with E-state index in [1.54, 1.807) is 15.6 Å². The molecular formula is C27H25F3N6O5. The molecule has 6 rings (SSSR count). The van der Waals surface area contributed by atoms with Gasteiger partial charge in [-0.2, -0.15) is 13.2 Å². The molecule has 0 bridgehead atoms. The molecule has 41 heavy (non-hydrogen) atoms. The monoisotopic (exact) mass is 570 g/mol. The average molecular weight is 571 g/mol. The van der Waals surface area contributed by atoms with Gasteiger partial charge in [-0.1, -0.05) is 29.5 Å². The minimum Gasteiger partial charge on any atom is -0.475 e. The second-order valence-electron chi connectivity index (χ2n) is 9.93. The fourth-order valence-corrected chi connectivity index (χ4v) is 5.08. The van der Waals surface area contributed by atoms with Crippen molar-refractivity contribution in [3.8, 4) is 5.69 Å². The fourth-order valence-electron chi connectivity index (χ4n) is 5.08. The Morgan fingerprint density at radius 3 is 2.34 bits per heavy atom. The van der Waals surface area contributed by atoms with Crippen molar-refractivity contribution in [2.45, 2.75) is 51.1 Å². The van der Waals surface area contributed by atoms with Gasteiger partial charge in [0.05, 0.1) is 17.6 Å². The molecule has 1 saturated heterocycles. The van der Waals surface area contributed by atoms with Crippen molar-refractivity contribution in [3.63, 3.8) is 0 Å². The SMILES string of the molecule is O=C(O)C(F)(F)F.O=C1CCC(N2Cc3cc(-n4cc(CCN5Cc6ccccc6C5)nn4)ccc3C2=O)C(=O)N1. The van der Waals surface area contributed by atoms with E-state index in [1.807, 2.05) is 18.3 Å². The van der Waals surface area contributed by atoms with Gasteiger partial charge in [0.25, 0.3) is 5.91 Å². The molecule has 3 amide bonds. The van der Waals surface area contributed by atoms with E-state index in [4.69, 9.17) is 9.90 Å². The number of benzene rings is 2. The summed E-state index contributed by atoms with van der Waals surface area (Å²) in [5.41, 5.74) is 5.96. The number of hydrogen-bond acceptors (Lipinski definition) is 7. The Morgan fingerprint density at radius 1 is 1.02 bits per heavy atom. The van der Waals surface area contributed by atoms with Gasteiger partial charge in [0.2, 0.25) is 11.8 Å². The van der Waals surface area contributed by atoms with Crippen molar-refractivity contribution in [1.82, 2.24) is 30.1 Å². The summed E-state index contributed by atoms with van der Waals surface area (Å²) in [6.45, 7) is 3.18. The lowest BCUT2D eigenvalue weighted by Gasteiger charge is -2.29. The lowest BCUT2D eigenvalue weighted by molar-refractivity contribution is -0.192. The van der Waals surface area contributed by atoms with Crippen molar-refractivity contribution >= 4 is 23.7 Å². The van der Waals surface area contributed by atoms with E-state index < -0.39 is 24.1 Å². The van der Waals surface area contributed by atoms with Crippen LogP contribution in [-0.4, -0.2) is 72.4 Å². The Morgan fingerprint density at radius 2 is 1.71 bits per heavy atom. The quantitative estimate of drug-likeness (QED) is 0.446. The van der Waals surface area contributed by atoms with Crippen LogP contribution in [0.15, 0.2) is 48.7 Å². The third kappa shape index (κ3) is 6.11. The summed E-state index contributed by atoms with van der Waals surface area (Å²) in [5.74, 6) is -3.63. The molecule has 0 saturated carbocycles. The number of aliphatic carboxylic acids is 1. The first-order valence-electron chi connectivity index (χ1n) is 12.8. The maximum Gasteiger partial charge on any atom is 0.490 e. The topological polar surface area (TPSA) is 138 Å². The summed E-state index contributed by atoms with van der Waals surface area (Å²) in [4.78, 5) is 49.5. The molecule has 1 unspecified atom stereocenters. The van der Waals surface area contributed by atoms with Crippen LogP contribution in [0.25, 0.3) is 5.69 Å². The Hall–Kier alpha value is -4.59. The normalized spacial score (nSPS) is 18.5. The van der Waals surface area contributed by atoms with E-state index in [-0.39, 0.29) is 18.2 Å². The number of halogens is 3. The van der Waals surface area contributed by atoms with Crippen LogP contribution in [0, 0.1) is 0 Å². The van der Waals surface area contributed by atoms with Gasteiger partial charge in [-0.25, -0.2) is 9.48 Å². The van der Waals surface area contributed by atoms with Crippen LogP contribution >= 0.6 is 0 Å². The number of fused-ring (bicyclic) bond motifs is 2. The number of carbonyl (C=O) groups is 4. The molecule has 14 heteroatoms. The number of nitrogens with zero attached hydrogens (tertiary/aromatic N) is 5. The van der Waals surface area contributed by atoms with Gasteiger partial charge >= 0.3 is 12.1 Å². The second-order valence-corrected chi connectivity index (χ2v) is 9.93. The zero-order chi connectivity index (χ0) is 29.3. The van der Waals surface area contributed by atoms with Gasteiger partial charge in [0.1, 0.15) is 6.04 Å². The number of nitrogens with one attached hydrogen (secondary N) is 1. The molecule has 0 spiro atoms. The third-order valence-corrected chi connectivity index (χ3v) is 7.15. The molecule has 4 heterocycles. The highest BCUT2D eigenvalue weighted by atomic mass is 19.4. The minimum atomic E-state index is -5.08. The second kappa shape index (κ2) is 11.1. The summed E-state index contributed by atoms with van der Waals surface area (Å²) in [6.07, 6.45) is -1.75. The standard InChI is InChI=1S/C25H24N6O3.C2HF3O2/c32-23-8-7-22(24(33)26-23)30-14-18-11-20(5-6-21(18)25(30)34)31-15-19(27-28-31)9-10-29-12-16-3-1-2-4-17(16)13-29;3-2(4,5)1(6)7/h1-6,11,15,22H,7-10,12-14H2,(H,26,32,33);(H,6,7). The van der Waals surface area contributed by atoms with E-state index in [2.05, 4.69) is 44.8 Å². The molecule has 3 aliphatic rings. The fraction of sp³-hybridized carbons (Fsp3) is 0.333. The molecule has 11 nitrogen and oxygen atoms in total. The Kier molecular flexibility index (Phi) is 7.58. The number of amides is 3. The van der Waals surface area contributed by atoms with E-state index in [9.17, 15) is 27.6 Å². The number of carboxylic acids is 1. The summed E-state index contributed by atoms with van der Waals surface area (Å²) in [5, 5.41) is 18.1. The number of hydrogen-bond donors (Lipinski definition) is 2. The molecule has 0 radical (unpaired) electrons. The Bertz CT molecular complexity index is 1500. The lowest BCUT2D eigenvalue weighted by Crippen LogP contribution is -2.52. The van der Waals surface area contributed by atoms with Crippen LogP contribution in [-0.2, 0) is 40.4 Å². The van der Waals surface area contributed by atoms with Gasteiger partial charge in [-0.05, 0) is 41.3 Å². The summed E-state index contributed by atoms with van der Waals surface area (Å²) < 4.78 is 33.5. The van der Waals surface area contributed by atoms with Gasteiger partial charge in [-0.15, -0.1) is 5.10 Å². The highest BCUT2D eigenvalue weighted by Crippen LogP contribution is 2.29. The summed E-state index contributed by atoms with van der Waals surface area (Å²) in [7, 11) is 0. The highest BCUT2D eigenvalue weighted by Gasteiger charge is 2.39. The number of aromatic nitrogens is 3. The molecular weight excluding hydrogens is 545 g/mol. The number of imide groups is 1. The molecule has 2 aromatic carbocycles. The summed E-state index contributed by atoms with van der Waals surface area (Å²) in [6, 6.07) is 13.5. The molecule has 0 aliphatic carbocycles. The smallest absolute Gasteiger partial charge is 0.475 e. The van der Waals surface area contributed by atoms with Crippen LogP contribution in [0.1, 0.15) is 45.6 Å². The van der Waals surface area contributed by atoms with Crippen molar-refractivity contribution in [1.29, 1.82) is 0 Å². The van der Waals surface area contributed by atoms with Crippen molar-refractivity contribution in [2.24, 2.45) is 0 Å². The van der Waals surface area contributed by atoms with Crippen molar-refractivity contribution < 1.29 is 37.5 Å². The van der Waals surface area contributed by atoms with Gasteiger partial charge in [0, 0.05) is 44.6 Å². The predicted molar refractivity (Wildman–Crippen MR) is 135 cm³/mol. The maximum atomic E-state index is 12.9. The maximum absolute atomic E-state index is 12.9. The number of carboxylic acid groups (broad SMARTS) is 1. The third-order valence-electron chi connectivity index (χ3n) is 7.15. The molecule has 1 aromatic heterocycles. The molecule has 1 atom stereocenters. The molecule has 3 aromatic rings. The minimum absolute atomic E-state index is 0.179. The predicted octanol–water partition coefficient (Wildman–Crippen LogP) is 2.22. The zero-order valence-electron chi connectivity index (χ0n) is 21.6. The lowest BCUT2D eigenvalue weighted by atomic mass is 10.0. The first-order valence-corrected chi connectivity index (χ1v) is 12.8. The zero-order valence-corrected chi connectivity index (χ0v) is 21.6. The highest BCUT2D eigenvalue weighted by molar-refractivity contribution is 6.05. The van der Waals surface area contributed by atoms with Crippen LogP contribution in [0.5, 0.6) is 0 Å². The first-order chi connectivity index (χ1) is 19.5. The van der Waals surface area contributed by atoms with Gasteiger partial charge in [-0.3, -0.25) is 24.6 Å². The van der Waals surface area contributed by atoms with Crippen LogP contribution in [0.4, 0.5) is 13.2 Å². The van der Waals surface area contributed by atoms with E-state index >= 15 is 0 Å². The number of rotatable bonds is 5. The van der Waals surface area contributed by atoms with E-state index in [0.29, 0.717) is 18.5 Å². The Labute approximate surface area is 231 Å². The molecule has 214 valence electrons. The van der Waals surface area contributed by atoms with Crippen LogP contribution < -0.4 is 5.32 Å².